The van der Waals surface area contributed by atoms with Crippen LogP contribution in [0, 0.1) is 0 Å². The highest BCUT2D eigenvalue weighted by atomic mass is 32.2. The number of hydrogen-bond donors (Lipinski definition) is 2. The average molecular weight is 426 g/mol. The van der Waals surface area contributed by atoms with Crippen LogP contribution in [-0.2, 0) is 23.1 Å². The molecule has 0 fully saturated rings. The third-order valence-corrected chi connectivity index (χ3v) is 5.48. The summed E-state index contributed by atoms with van der Waals surface area (Å²) in [5.41, 5.74) is 1.67. The van der Waals surface area contributed by atoms with Gasteiger partial charge in [-0.05, 0) is 42.4 Å². The number of guanidine groups is 1. The molecule has 2 aromatic carbocycles. The first-order chi connectivity index (χ1) is 13.7. The van der Waals surface area contributed by atoms with Gasteiger partial charge in [-0.3, -0.25) is 4.99 Å². The van der Waals surface area contributed by atoms with Crippen molar-refractivity contribution >= 4 is 16.0 Å². The molecule has 0 saturated heterocycles. The van der Waals surface area contributed by atoms with Gasteiger partial charge in [-0.1, -0.05) is 24.3 Å². The number of nitrogens with zero attached hydrogens (tertiary/aromatic N) is 2. The van der Waals surface area contributed by atoms with Gasteiger partial charge in [-0.2, -0.15) is 8.78 Å². The molecule has 7 nitrogen and oxygen atoms in total. The zero-order valence-electron chi connectivity index (χ0n) is 16.4. The summed E-state index contributed by atoms with van der Waals surface area (Å²) < 4.78 is 54.9. The summed E-state index contributed by atoms with van der Waals surface area (Å²) in [6.45, 7) is -1.98. The van der Waals surface area contributed by atoms with Crippen LogP contribution in [0.2, 0.25) is 0 Å². The van der Waals surface area contributed by atoms with Crippen molar-refractivity contribution < 1.29 is 21.9 Å². The third kappa shape index (κ3) is 6.68. The van der Waals surface area contributed by atoms with E-state index in [2.05, 4.69) is 19.8 Å². The number of rotatable bonds is 8. The SMILES string of the molecule is CN=C(NCc1cccc(S(=O)(=O)NC)c1)N(C)Cc1ccc(OC(F)F)cc1. The highest BCUT2D eigenvalue weighted by Gasteiger charge is 2.12. The summed E-state index contributed by atoms with van der Waals surface area (Å²) in [5.74, 6) is 0.699. The molecule has 0 saturated carbocycles. The van der Waals surface area contributed by atoms with E-state index in [0.717, 1.165) is 11.1 Å². The minimum atomic E-state index is -3.51. The van der Waals surface area contributed by atoms with E-state index in [9.17, 15) is 17.2 Å². The van der Waals surface area contributed by atoms with Crippen LogP contribution in [0.15, 0.2) is 58.4 Å². The van der Waals surface area contributed by atoms with E-state index in [1.54, 1.807) is 31.3 Å². The first-order valence-corrected chi connectivity index (χ1v) is 10.2. The highest BCUT2D eigenvalue weighted by molar-refractivity contribution is 7.89. The van der Waals surface area contributed by atoms with Crippen molar-refractivity contribution in [2.75, 3.05) is 21.1 Å². The number of hydrogen-bond acceptors (Lipinski definition) is 4. The van der Waals surface area contributed by atoms with E-state index in [1.807, 2.05) is 18.0 Å². The lowest BCUT2D eigenvalue weighted by Gasteiger charge is -2.22. The highest BCUT2D eigenvalue weighted by Crippen LogP contribution is 2.16. The van der Waals surface area contributed by atoms with Crippen LogP contribution in [0.3, 0.4) is 0 Å². The molecule has 0 heterocycles. The summed E-state index contributed by atoms with van der Waals surface area (Å²) in [6.07, 6.45) is 0. The van der Waals surface area contributed by atoms with Gasteiger partial charge in [0.2, 0.25) is 10.0 Å². The fraction of sp³-hybridized carbons (Fsp3) is 0.316. The summed E-state index contributed by atoms with van der Waals surface area (Å²) >= 11 is 0. The molecule has 0 aliphatic heterocycles. The summed E-state index contributed by atoms with van der Waals surface area (Å²) in [6, 6.07) is 13.0. The quantitative estimate of drug-likeness (QED) is 0.500. The number of aliphatic imine (C=N–C) groups is 1. The molecule has 29 heavy (non-hydrogen) atoms. The second-order valence-electron chi connectivity index (χ2n) is 6.13. The summed E-state index contributed by atoms with van der Waals surface area (Å²) in [7, 11) is 1.33. The lowest BCUT2D eigenvalue weighted by atomic mass is 10.2. The molecular weight excluding hydrogens is 402 g/mol. The fourth-order valence-electron chi connectivity index (χ4n) is 2.63. The Balaban J connectivity index is 1.99. The Morgan fingerprint density at radius 2 is 1.86 bits per heavy atom. The molecular formula is C19H24F2N4O3S. The number of nitrogens with one attached hydrogen (secondary N) is 2. The predicted octanol–water partition coefficient (Wildman–Crippen LogP) is 2.40. The number of sulfonamides is 1. The topological polar surface area (TPSA) is 83.0 Å². The average Bonchev–Trinajstić information content (AvgIpc) is 2.70. The van der Waals surface area contributed by atoms with Gasteiger partial charge in [0.1, 0.15) is 5.75 Å². The summed E-state index contributed by atoms with van der Waals surface area (Å²) in [4.78, 5) is 6.27. The van der Waals surface area contributed by atoms with Gasteiger partial charge in [0, 0.05) is 27.2 Å². The Labute approximate surface area is 169 Å². The molecule has 2 rings (SSSR count). The van der Waals surface area contributed by atoms with E-state index >= 15 is 0 Å². The molecule has 0 amide bonds. The van der Waals surface area contributed by atoms with Crippen molar-refractivity contribution in [3.63, 3.8) is 0 Å². The Morgan fingerprint density at radius 3 is 2.45 bits per heavy atom. The largest absolute Gasteiger partial charge is 0.435 e. The molecule has 2 aromatic rings. The maximum atomic E-state index is 12.2. The molecule has 0 aliphatic rings. The minimum absolute atomic E-state index is 0.102. The van der Waals surface area contributed by atoms with Crippen LogP contribution in [0.5, 0.6) is 5.75 Å². The van der Waals surface area contributed by atoms with Crippen LogP contribution in [0.4, 0.5) is 8.78 Å². The van der Waals surface area contributed by atoms with Gasteiger partial charge in [0.15, 0.2) is 5.96 Å². The second kappa shape index (κ2) is 10.2. The van der Waals surface area contributed by atoms with Gasteiger partial charge in [-0.15, -0.1) is 0 Å². The monoisotopic (exact) mass is 426 g/mol. The van der Waals surface area contributed by atoms with E-state index in [0.29, 0.717) is 19.0 Å². The molecule has 0 bridgehead atoms. The first-order valence-electron chi connectivity index (χ1n) is 8.73. The van der Waals surface area contributed by atoms with Crippen molar-refractivity contribution in [2.45, 2.75) is 24.6 Å². The Kier molecular flexibility index (Phi) is 7.91. The first kappa shape index (κ1) is 22.6. The van der Waals surface area contributed by atoms with Gasteiger partial charge in [-0.25, -0.2) is 13.1 Å². The van der Waals surface area contributed by atoms with Crippen LogP contribution in [0.1, 0.15) is 11.1 Å². The molecule has 0 unspecified atom stereocenters. The fourth-order valence-corrected chi connectivity index (χ4v) is 3.43. The Hall–Kier alpha value is -2.72. The van der Waals surface area contributed by atoms with Gasteiger partial charge in [0.25, 0.3) is 0 Å². The molecule has 10 heteroatoms. The van der Waals surface area contributed by atoms with Crippen molar-refractivity contribution in [2.24, 2.45) is 4.99 Å². The van der Waals surface area contributed by atoms with Crippen LogP contribution in [0.25, 0.3) is 0 Å². The van der Waals surface area contributed by atoms with Gasteiger partial charge < -0.3 is 15.0 Å². The van der Waals surface area contributed by atoms with E-state index in [4.69, 9.17) is 0 Å². The van der Waals surface area contributed by atoms with Crippen molar-refractivity contribution in [3.05, 3.63) is 59.7 Å². The number of ether oxygens (including phenoxy) is 1. The standard InChI is InChI=1S/C19H24F2N4O3S/c1-22-19(24-12-15-5-4-6-17(11-15)29(26,27)23-2)25(3)13-14-7-9-16(10-8-14)28-18(20)21/h4-11,18,23H,12-13H2,1-3H3,(H,22,24). The van der Waals surface area contributed by atoms with Crippen LogP contribution < -0.4 is 14.8 Å². The van der Waals surface area contributed by atoms with Crippen molar-refractivity contribution in [3.8, 4) is 5.75 Å². The van der Waals surface area contributed by atoms with Gasteiger partial charge >= 0.3 is 6.61 Å². The van der Waals surface area contributed by atoms with Gasteiger partial charge in [0.05, 0.1) is 4.90 Å². The van der Waals surface area contributed by atoms with E-state index < -0.39 is 16.6 Å². The van der Waals surface area contributed by atoms with Crippen LogP contribution >= 0.6 is 0 Å². The third-order valence-electron chi connectivity index (χ3n) is 4.07. The number of benzene rings is 2. The van der Waals surface area contributed by atoms with E-state index in [-0.39, 0.29) is 10.6 Å². The lowest BCUT2D eigenvalue weighted by Crippen LogP contribution is -2.38. The molecule has 0 spiro atoms. The van der Waals surface area contributed by atoms with Crippen molar-refractivity contribution in [1.82, 2.24) is 14.9 Å². The van der Waals surface area contributed by atoms with Crippen molar-refractivity contribution in [1.29, 1.82) is 0 Å². The second-order valence-corrected chi connectivity index (χ2v) is 8.02. The number of halogens is 2. The molecule has 0 atom stereocenters. The lowest BCUT2D eigenvalue weighted by molar-refractivity contribution is -0.0498. The predicted molar refractivity (Wildman–Crippen MR) is 107 cm³/mol. The Bertz CT molecular complexity index is 935. The zero-order valence-corrected chi connectivity index (χ0v) is 17.2. The maximum Gasteiger partial charge on any atom is 0.387 e. The minimum Gasteiger partial charge on any atom is -0.435 e. The molecule has 2 N–H and O–H groups in total. The zero-order chi connectivity index (χ0) is 21.4. The number of alkyl halides is 2. The normalized spacial score (nSPS) is 12.1. The molecule has 0 aliphatic carbocycles. The maximum absolute atomic E-state index is 12.2. The molecule has 158 valence electrons. The summed E-state index contributed by atoms with van der Waals surface area (Å²) in [5, 5.41) is 3.18. The molecule has 0 aromatic heterocycles. The Morgan fingerprint density at radius 1 is 1.17 bits per heavy atom. The van der Waals surface area contributed by atoms with E-state index in [1.165, 1.54) is 25.2 Å². The molecule has 0 radical (unpaired) electrons. The smallest absolute Gasteiger partial charge is 0.387 e. The van der Waals surface area contributed by atoms with Crippen LogP contribution in [-0.4, -0.2) is 47.0 Å².